The number of ether oxygens (including phenoxy) is 1. The summed E-state index contributed by atoms with van der Waals surface area (Å²) < 4.78 is 26.9. The number of carbonyl (C=O) groups is 2. The first-order chi connectivity index (χ1) is 11.3. The second kappa shape index (κ2) is 7.24. The third-order valence-corrected chi connectivity index (χ3v) is 4.20. The summed E-state index contributed by atoms with van der Waals surface area (Å²) in [6.45, 7) is 0.225. The summed E-state index contributed by atoms with van der Waals surface area (Å²) in [4.78, 5) is 23.4. The molecule has 0 fully saturated rings. The van der Waals surface area contributed by atoms with Crippen molar-refractivity contribution < 1.29 is 22.7 Å². The van der Waals surface area contributed by atoms with Crippen molar-refractivity contribution in [2.24, 2.45) is 5.14 Å². The van der Waals surface area contributed by atoms with E-state index < -0.39 is 16.0 Å². The third-order valence-electron chi connectivity index (χ3n) is 3.27. The Hall–Kier alpha value is -2.71. The van der Waals surface area contributed by atoms with Crippen LogP contribution in [-0.4, -0.2) is 27.4 Å². The summed E-state index contributed by atoms with van der Waals surface area (Å²) in [5, 5.41) is 7.72. The minimum Gasteiger partial charge on any atom is -0.465 e. The minimum absolute atomic E-state index is 0.0102. The number of hydrogen-bond acceptors (Lipinski definition) is 5. The molecule has 0 radical (unpaired) electrons. The Labute approximate surface area is 139 Å². The highest BCUT2D eigenvalue weighted by atomic mass is 32.2. The zero-order valence-corrected chi connectivity index (χ0v) is 13.7. The maximum absolute atomic E-state index is 12.1. The van der Waals surface area contributed by atoms with Crippen LogP contribution in [0, 0.1) is 0 Å². The van der Waals surface area contributed by atoms with Crippen LogP contribution < -0.4 is 10.5 Å². The van der Waals surface area contributed by atoms with Crippen molar-refractivity contribution in [3.63, 3.8) is 0 Å². The summed E-state index contributed by atoms with van der Waals surface area (Å²) in [5.74, 6) is -0.793. The molecule has 0 heterocycles. The van der Waals surface area contributed by atoms with E-state index in [9.17, 15) is 18.0 Å². The molecule has 0 aromatic heterocycles. The lowest BCUT2D eigenvalue weighted by Gasteiger charge is -2.07. The van der Waals surface area contributed by atoms with E-state index in [1.807, 2.05) is 0 Å². The average Bonchev–Trinajstić information content (AvgIpc) is 2.58. The van der Waals surface area contributed by atoms with Crippen LogP contribution in [0.5, 0.6) is 0 Å². The zero-order valence-electron chi connectivity index (χ0n) is 12.9. The van der Waals surface area contributed by atoms with Gasteiger partial charge in [-0.25, -0.2) is 18.4 Å². The molecule has 0 unspecified atom stereocenters. The van der Waals surface area contributed by atoms with Gasteiger partial charge in [0.1, 0.15) is 0 Å². The van der Waals surface area contributed by atoms with Crippen LogP contribution in [0.3, 0.4) is 0 Å². The summed E-state index contributed by atoms with van der Waals surface area (Å²) in [6, 6.07) is 11.9. The third kappa shape index (κ3) is 4.40. The second-order valence-corrected chi connectivity index (χ2v) is 6.50. The molecule has 3 N–H and O–H groups in total. The van der Waals surface area contributed by atoms with E-state index in [-0.39, 0.29) is 17.3 Å². The standard InChI is InChI=1S/C16H16N2O5S/c1-23-16(20)13-6-4-12(5-7-13)15(19)18-10-11-2-8-14(9-3-11)24(17,21)22/h2-9H,10H2,1H3,(H,18,19)(H2,17,21,22). The molecule has 0 atom stereocenters. The normalized spacial score (nSPS) is 10.9. The SMILES string of the molecule is COC(=O)c1ccc(C(=O)NCc2ccc(S(N)(=O)=O)cc2)cc1. The Bertz CT molecular complexity index is 843. The van der Waals surface area contributed by atoms with Crippen molar-refractivity contribution in [1.29, 1.82) is 0 Å². The number of amides is 1. The Balaban J connectivity index is 1.99. The van der Waals surface area contributed by atoms with Crippen LogP contribution in [0.15, 0.2) is 53.4 Å². The Morgan fingerprint density at radius 2 is 1.54 bits per heavy atom. The van der Waals surface area contributed by atoms with Crippen LogP contribution in [0.25, 0.3) is 0 Å². The van der Waals surface area contributed by atoms with Gasteiger partial charge in [0, 0.05) is 12.1 Å². The fourth-order valence-electron chi connectivity index (χ4n) is 1.96. The first-order valence-corrected chi connectivity index (χ1v) is 8.44. The van der Waals surface area contributed by atoms with E-state index in [0.717, 1.165) is 5.56 Å². The lowest BCUT2D eigenvalue weighted by molar-refractivity contribution is 0.0600. The van der Waals surface area contributed by atoms with Gasteiger partial charge in [0.15, 0.2) is 0 Å². The van der Waals surface area contributed by atoms with Gasteiger partial charge in [-0.1, -0.05) is 12.1 Å². The molecule has 0 bridgehead atoms. The van der Waals surface area contributed by atoms with E-state index in [4.69, 9.17) is 5.14 Å². The molecule has 8 heteroatoms. The van der Waals surface area contributed by atoms with Gasteiger partial charge in [0.25, 0.3) is 5.91 Å². The van der Waals surface area contributed by atoms with Crippen LogP contribution >= 0.6 is 0 Å². The zero-order chi connectivity index (χ0) is 17.7. The Morgan fingerprint density at radius 3 is 2.04 bits per heavy atom. The van der Waals surface area contributed by atoms with Crippen molar-refractivity contribution >= 4 is 21.9 Å². The minimum atomic E-state index is -3.73. The maximum Gasteiger partial charge on any atom is 0.337 e. The lowest BCUT2D eigenvalue weighted by atomic mass is 10.1. The van der Waals surface area contributed by atoms with Gasteiger partial charge in [-0.2, -0.15) is 0 Å². The summed E-state index contributed by atoms with van der Waals surface area (Å²) in [7, 11) is -2.45. The van der Waals surface area contributed by atoms with Gasteiger partial charge in [0.2, 0.25) is 10.0 Å². The van der Waals surface area contributed by atoms with Crippen molar-refractivity contribution in [3.8, 4) is 0 Å². The van der Waals surface area contributed by atoms with Crippen LogP contribution in [0.1, 0.15) is 26.3 Å². The first-order valence-electron chi connectivity index (χ1n) is 6.89. The monoisotopic (exact) mass is 348 g/mol. The molecule has 2 aromatic carbocycles. The maximum atomic E-state index is 12.1. The molecule has 0 aliphatic carbocycles. The number of hydrogen-bond donors (Lipinski definition) is 2. The van der Waals surface area contributed by atoms with E-state index in [1.54, 1.807) is 12.1 Å². The van der Waals surface area contributed by atoms with Crippen LogP contribution in [-0.2, 0) is 21.3 Å². The molecule has 24 heavy (non-hydrogen) atoms. The van der Waals surface area contributed by atoms with E-state index in [2.05, 4.69) is 10.1 Å². The van der Waals surface area contributed by atoms with E-state index in [1.165, 1.54) is 43.5 Å². The molecule has 2 aromatic rings. The number of benzene rings is 2. The van der Waals surface area contributed by atoms with Gasteiger partial charge >= 0.3 is 5.97 Å². The Morgan fingerprint density at radius 1 is 1.00 bits per heavy atom. The number of carbonyl (C=O) groups excluding carboxylic acids is 2. The largest absolute Gasteiger partial charge is 0.465 e. The highest BCUT2D eigenvalue weighted by Crippen LogP contribution is 2.09. The number of esters is 1. The number of nitrogens with two attached hydrogens (primary N) is 1. The molecular weight excluding hydrogens is 332 g/mol. The number of rotatable bonds is 5. The Kier molecular flexibility index (Phi) is 5.32. The van der Waals surface area contributed by atoms with Gasteiger partial charge in [-0.15, -0.1) is 0 Å². The molecule has 0 aliphatic rings. The quantitative estimate of drug-likeness (QED) is 0.784. The lowest BCUT2D eigenvalue weighted by Crippen LogP contribution is -2.23. The molecule has 7 nitrogen and oxygen atoms in total. The van der Waals surface area contributed by atoms with Crippen molar-refractivity contribution in [1.82, 2.24) is 5.32 Å². The van der Waals surface area contributed by atoms with Crippen molar-refractivity contribution in [2.45, 2.75) is 11.4 Å². The fraction of sp³-hybridized carbons (Fsp3) is 0.125. The van der Waals surface area contributed by atoms with Crippen molar-refractivity contribution in [2.75, 3.05) is 7.11 Å². The average molecular weight is 348 g/mol. The van der Waals surface area contributed by atoms with Gasteiger partial charge in [-0.05, 0) is 42.0 Å². The van der Waals surface area contributed by atoms with Crippen molar-refractivity contribution in [3.05, 3.63) is 65.2 Å². The second-order valence-electron chi connectivity index (χ2n) is 4.94. The highest BCUT2D eigenvalue weighted by molar-refractivity contribution is 7.89. The highest BCUT2D eigenvalue weighted by Gasteiger charge is 2.10. The summed E-state index contributed by atoms with van der Waals surface area (Å²) >= 11 is 0. The molecule has 0 aliphatic heterocycles. The molecule has 0 saturated heterocycles. The molecule has 2 rings (SSSR count). The smallest absolute Gasteiger partial charge is 0.337 e. The topological polar surface area (TPSA) is 116 Å². The number of methoxy groups -OCH3 is 1. The molecular formula is C16H16N2O5S. The molecule has 0 spiro atoms. The predicted octanol–water partition coefficient (Wildman–Crippen LogP) is 1.05. The van der Waals surface area contributed by atoms with Crippen LogP contribution in [0.4, 0.5) is 0 Å². The van der Waals surface area contributed by atoms with Gasteiger partial charge < -0.3 is 10.1 Å². The number of sulfonamides is 1. The summed E-state index contributed by atoms with van der Waals surface area (Å²) in [5.41, 5.74) is 1.47. The molecule has 0 saturated carbocycles. The van der Waals surface area contributed by atoms with E-state index in [0.29, 0.717) is 11.1 Å². The summed E-state index contributed by atoms with van der Waals surface area (Å²) in [6.07, 6.45) is 0. The van der Waals surface area contributed by atoms with E-state index >= 15 is 0 Å². The molecule has 1 amide bonds. The van der Waals surface area contributed by atoms with Gasteiger partial charge in [0.05, 0.1) is 17.6 Å². The fourth-order valence-corrected chi connectivity index (χ4v) is 2.47. The first kappa shape index (κ1) is 17.6. The number of nitrogens with one attached hydrogen (secondary N) is 1. The van der Waals surface area contributed by atoms with Crippen LogP contribution in [0.2, 0.25) is 0 Å². The van der Waals surface area contributed by atoms with Gasteiger partial charge in [-0.3, -0.25) is 4.79 Å². The molecule has 126 valence electrons. The predicted molar refractivity (Wildman–Crippen MR) is 86.8 cm³/mol. The number of primary sulfonamides is 1.